The molecule has 2 aromatic carbocycles. The molecule has 3 N–H and O–H groups in total. The SMILES string of the molecule is O=C1Nc2ccc(F)cc2/C1=N/NC(=S)Nc1ccccc1. The van der Waals surface area contributed by atoms with Crippen molar-refractivity contribution >= 4 is 40.3 Å². The number of hydrogen-bond donors (Lipinski definition) is 3. The Morgan fingerprint density at radius 2 is 1.95 bits per heavy atom. The van der Waals surface area contributed by atoms with Crippen LogP contribution in [0.4, 0.5) is 15.8 Å². The highest BCUT2D eigenvalue weighted by Crippen LogP contribution is 2.23. The zero-order chi connectivity index (χ0) is 15.5. The number of carbonyl (C=O) groups excluding carboxylic acids is 1. The molecular weight excluding hydrogens is 303 g/mol. The van der Waals surface area contributed by atoms with E-state index in [0.29, 0.717) is 11.3 Å². The number of hydrogen-bond acceptors (Lipinski definition) is 3. The van der Waals surface area contributed by atoms with E-state index in [1.165, 1.54) is 18.2 Å². The Bertz CT molecular complexity index is 776. The van der Waals surface area contributed by atoms with Crippen LogP contribution >= 0.6 is 12.2 Å². The van der Waals surface area contributed by atoms with Crippen LogP contribution in [0.15, 0.2) is 53.6 Å². The van der Waals surface area contributed by atoms with Gasteiger partial charge in [0.2, 0.25) is 0 Å². The van der Waals surface area contributed by atoms with Crippen molar-refractivity contribution in [2.75, 3.05) is 10.6 Å². The lowest BCUT2D eigenvalue weighted by molar-refractivity contribution is -0.110. The number of nitrogens with zero attached hydrogens (tertiary/aromatic N) is 1. The molecule has 3 rings (SSSR count). The smallest absolute Gasteiger partial charge is 0.276 e. The predicted octanol–water partition coefficient (Wildman–Crippen LogP) is 2.47. The maximum atomic E-state index is 13.3. The van der Waals surface area contributed by atoms with Crippen LogP contribution in [-0.2, 0) is 4.79 Å². The number of benzene rings is 2. The van der Waals surface area contributed by atoms with E-state index >= 15 is 0 Å². The molecule has 0 fully saturated rings. The molecule has 0 saturated carbocycles. The highest BCUT2D eigenvalue weighted by Gasteiger charge is 2.26. The Kier molecular flexibility index (Phi) is 3.80. The molecule has 2 aromatic rings. The molecule has 1 aliphatic rings. The van der Waals surface area contributed by atoms with Crippen LogP contribution in [0.1, 0.15) is 5.56 Å². The van der Waals surface area contributed by atoms with Gasteiger partial charge >= 0.3 is 0 Å². The fourth-order valence-corrected chi connectivity index (χ4v) is 2.19. The molecule has 22 heavy (non-hydrogen) atoms. The first kappa shape index (κ1) is 14.2. The minimum Gasteiger partial charge on any atom is -0.331 e. The van der Waals surface area contributed by atoms with E-state index in [4.69, 9.17) is 12.2 Å². The van der Waals surface area contributed by atoms with Gasteiger partial charge in [-0.1, -0.05) is 18.2 Å². The van der Waals surface area contributed by atoms with Gasteiger partial charge in [0.05, 0.1) is 5.69 Å². The van der Waals surface area contributed by atoms with Crippen LogP contribution in [0.25, 0.3) is 0 Å². The Hall–Kier alpha value is -2.80. The molecule has 110 valence electrons. The third kappa shape index (κ3) is 2.94. The second-order valence-electron chi connectivity index (χ2n) is 4.54. The number of amides is 1. The molecule has 0 spiro atoms. The average molecular weight is 314 g/mol. The van der Waals surface area contributed by atoms with Gasteiger partial charge in [0.15, 0.2) is 10.8 Å². The van der Waals surface area contributed by atoms with Crippen LogP contribution in [0, 0.1) is 5.82 Å². The Balaban J connectivity index is 1.75. The number of anilines is 2. The molecule has 7 heteroatoms. The van der Waals surface area contributed by atoms with Crippen molar-refractivity contribution in [1.29, 1.82) is 0 Å². The van der Waals surface area contributed by atoms with Crippen LogP contribution in [0.3, 0.4) is 0 Å². The van der Waals surface area contributed by atoms with E-state index in [1.54, 1.807) is 0 Å². The zero-order valence-corrected chi connectivity index (χ0v) is 12.1. The lowest BCUT2D eigenvalue weighted by Crippen LogP contribution is -2.27. The summed E-state index contributed by atoms with van der Waals surface area (Å²) in [4.78, 5) is 11.8. The number of carbonyl (C=O) groups is 1. The summed E-state index contributed by atoms with van der Waals surface area (Å²) in [6, 6.07) is 13.3. The van der Waals surface area contributed by atoms with Gasteiger partial charge in [0.25, 0.3) is 5.91 Å². The fourth-order valence-electron chi connectivity index (χ4n) is 2.02. The van der Waals surface area contributed by atoms with Crippen LogP contribution in [0.5, 0.6) is 0 Å². The monoisotopic (exact) mass is 314 g/mol. The number of para-hydroxylation sites is 1. The first-order valence-corrected chi connectivity index (χ1v) is 6.85. The highest BCUT2D eigenvalue weighted by atomic mass is 32.1. The van der Waals surface area contributed by atoms with Crippen molar-refractivity contribution in [1.82, 2.24) is 5.43 Å². The topological polar surface area (TPSA) is 65.5 Å². The van der Waals surface area contributed by atoms with E-state index in [1.807, 2.05) is 30.3 Å². The number of thiocarbonyl (C=S) groups is 1. The largest absolute Gasteiger partial charge is 0.331 e. The summed E-state index contributed by atoms with van der Waals surface area (Å²) < 4.78 is 13.3. The molecule has 0 saturated heterocycles. The van der Waals surface area contributed by atoms with Crippen LogP contribution < -0.4 is 16.1 Å². The first-order valence-electron chi connectivity index (χ1n) is 6.44. The molecule has 1 amide bonds. The van der Waals surface area contributed by atoms with Crippen molar-refractivity contribution in [2.24, 2.45) is 5.10 Å². The first-order chi connectivity index (χ1) is 10.6. The van der Waals surface area contributed by atoms with Crippen LogP contribution in [-0.4, -0.2) is 16.7 Å². The standard InChI is InChI=1S/C15H11FN4OS/c16-9-6-7-12-11(8-9)13(14(21)18-12)19-20-15(22)17-10-4-2-1-3-5-10/h1-8H,(H2,17,20,22)(H,18,19,21). The average Bonchev–Trinajstić information content (AvgIpc) is 2.81. The lowest BCUT2D eigenvalue weighted by atomic mass is 10.1. The fraction of sp³-hybridized carbons (Fsp3) is 0. The van der Waals surface area contributed by atoms with Gasteiger partial charge in [-0.05, 0) is 42.5 Å². The van der Waals surface area contributed by atoms with Gasteiger partial charge in [-0.25, -0.2) is 4.39 Å². The highest BCUT2D eigenvalue weighted by molar-refractivity contribution is 7.80. The van der Waals surface area contributed by atoms with Gasteiger partial charge in [-0.2, -0.15) is 5.10 Å². The van der Waals surface area contributed by atoms with Gasteiger partial charge in [0, 0.05) is 11.3 Å². The summed E-state index contributed by atoms with van der Waals surface area (Å²) in [5.41, 5.74) is 4.40. The van der Waals surface area contributed by atoms with Gasteiger partial charge in [0.1, 0.15) is 5.82 Å². The summed E-state index contributed by atoms with van der Waals surface area (Å²) in [6.45, 7) is 0. The minimum absolute atomic E-state index is 0.0895. The third-order valence-corrected chi connectivity index (χ3v) is 3.19. The Morgan fingerprint density at radius 1 is 1.18 bits per heavy atom. The molecule has 1 aliphatic heterocycles. The maximum absolute atomic E-state index is 13.3. The second-order valence-corrected chi connectivity index (χ2v) is 4.94. The normalized spacial score (nSPS) is 14.4. The Morgan fingerprint density at radius 3 is 2.73 bits per heavy atom. The summed E-state index contributed by atoms with van der Waals surface area (Å²) in [7, 11) is 0. The number of halogens is 1. The minimum atomic E-state index is -0.437. The number of nitrogens with one attached hydrogen (secondary N) is 3. The van der Waals surface area contributed by atoms with E-state index in [-0.39, 0.29) is 10.8 Å². The van der Waals surface area contributed by atoms with Gasteiger partial charge in [-0.3, -0.25) is 10.2 Å². The summed E-state index contributed by atoms with van der Waals surface area (Å²) in [5.74, 6) is -0.844. The number of fused-ring (bicyclic) bond motifs is 1. The van der Waals surface area contributed by atoms with Crippen molar-refractivity contribution in [2.45, 2.75) is 0 Å². The molecule has 1 heterocycles. The van der Waals surface area contributed by atoms with E-state index in [0.717, 1.165) is 5.69 Å². The van der Waals surface area contributed by atoms with E-state index in [9.17, 15) is 9.18 Å². The maximum Gasteiger partial charge on any atom is 0.276 e. The quantitative estimate of drug-likeness (QED) is 0.588. The van der Waals surface area contributed by atoms with Crippen molar-refractivity contribution in [3.05, 3.63) is 59.9 Å². The molecule has 5 nitrogen and oxygen atoms in total. The number of hydrazone groups is 1. The third-order valence-electron chi connectivity index (χ3n) is 3.00. The molecule has 0 bridgehead atoms. The van der Waals surface area contributed by atoms with Crippen LogP contribution in [0.2, 0.25) is 0 Å². The Labute approximate surface area is 131 Å². The van der Waals surface area contributed by atoms with Crippen molar-refractivity contribution in [3.63, 3.8) is 0 Å². The predicted molar refractivity (Wildman–Crippen MR) is 87.4 cm³/mol. The summed E-state index contributed by atoms with van der Waals surface area (Å²) in [6.07, 6.45) is 0. The van der Waals surface area contributed by atoms with E-state index in [2.05, 4.69) is 21.2 Å². The molecule has 0 radical (unpaired) electrons. The summed E-state index contributed by atoms with van der Waals surface area (Å²) >= 11 is 5.10. The zero-order valence-electron chi connectivity index (χ0n) is 11.3. The van der Waals surface area contributed by atoms with Gasteiger partial charge in [-0.15, -0.1) is 0 Å². The number of rotatable bonds is 2. The van der Waals surface area contributed by atoms with Gasteiger partial charge < -0.3 is 10.6 Å². The molecule has 0 atom stereocenters. The second kappa shape index (κ2) is 5.90. The summed E-state index contributed by atoms with van der Waals surface area (Å²) in [5, 5.41) is 9.73. The molecule has 0 aliphatic carbocycles. The van der Waals surface area contributed by atoms with Crippen molar-refractivity contribution < 1.29 is 9.18 Å². The molecule has 0 unspecified atom stereocenters. The van der Waals surface area contributed by atoms with E-state index < -0.39 is 11.7 Å². The molecule has 0 aromatic heterocycles. The molecular formula is C15H11FN4OS. The van der Waals surface area contributed by atoms with Crippen molar-refractivity contribution in [3.8, 4) is 0 Å². The lowest BCUT2D eigenvalue weighted by Gasteiger charge is -2.07.